The van der Waals surface area contributed by atoms with Crippen LogP contribution < -0.4 is 5.32 Å². The van der Waals surface area contributed by atoms with E-state index in [1.807, 2.05) is 0 Å². The first-order valence-corrected chi connectivity index (χ1v) is 5.82. The van der Waals surface area contributed by atoms with Gasteiger partial charge < -0.3 is 5.32 Å². The van der Waals surface area contributed by atoms with Crippen LogP contribution in [-0.2, 0) is 0 Å². The molecule has 0 spiro atoms. The van der Waals surface area contributed by atoms with Gasteiger partial charge in [0.05, 0.1) is 4.47 Å². The quantitative estimate of drug-likeness (QED) is 0.822. The van der Waals surface area contributed by atoms with E-state index >= 15 is 0 Å². The van der Waals surface area contributed by atoms with Gasteiger partial charge >= 0.3 is 6.18 Å². The van der Waals surface area contributed by atoms with E-state index in [2.05, 4.69) is 21.2 Å². The van der Waals surface area contributed by atoms with E-state index in [9.17, 15) is 17.6 Å². The molecule has 0 saturated carbocycles. The van der Waals surface area contributed by atoms with Crippen molar-refractivity contribution in [2.75, 3.05) is 7.05 Å². The van der Waals surface area contributed by atoms with Gasteiger partial charge in [0.15, 0.2) is 0 Å². The lowest BCUT2D eigenvalue weighted by atomic mass is 10.0. The van der Waals surface area contributed by atoms with Gasteiger partial charge in [-0.15, -0.1) is 0 Å². The first kappa shape index (κ1) is 14.4. The Hall–Kier alpha value is -0.620. The average Bonchev–Trinajstić information content (AvgIpc) is 2.22. The highest BCUT2D eigenvalue weighted by molar-refractivity contribution is 9.10. The Morgan fingerprint density at radius 3 is 2.47 bits per heavy atom. The molecule has 0 aromatic heterocycles. The first-order chi connectivity index (χ1) is 7.83. The molecule has 96 valence electrons. The van der Waals surface area contributed by atoms with Crippen molar-refractivity contribution < 1.29 is 17.6 Å². The highest BCUT2D eigenvalue weighted by Crippen LogP contribution is 2.28. The van der Waals surface area contributed by atoms with Gasteiger partial charge in [-0.3, -0.25) is 0 Å². The van der Waals surface area contributed by atoms with E-state index in [0.717, 1.165) is 0 Å². The number of nitrogens with one attached hydrogen (secondary N) is 1. The summed E-state index contributed by atoms with van der Waals surface area (Å²) in [7, 11) is 1.56. The second-order valence-electron chi connectivity index (χ2n) is 3.67. The van der Waals surface area contributed by atoms with Crippen LogP contribution in [0.15, 0.2) is 22.7 Å². The molecule has 6 heteroatoms. The summed E-state index contributed by atoms with van der Waals surface area (Å²) in [5.74, 6) is -0.477. The van der Waals surface area contributed by atoms with Crippen LogP contribution in [0.5, 0.6) is 0 Å². The van der Waals surface area contributed by atoms with Crippen LogP contribution >= 0.6 is 15.9 Å². The van der Waals surface area contributed by atoms with E-state index in [4.69, 9.17) is 0 Å². The van der Waals surface area contributed by atoms with Crippen LogP contribution in [0, 0.1) is 5.82 Å². The van der Waals surface area contributed by atoms with Gasteiger partial charge in [0, 0.05) is 12.5 Å². The van der Waals surface area contributed by atoms with Crippen molar-refractivity contribution in [2.24, 2.45) is 0 Å². The Balaban J connectivity index is 2.76. The minimum Gasteiger partial charge on any atom is -0.313 e. The van der Waals surface area contributed by atoms with Crippen LogP contribution in [0.1, 0.15) is 24.4 Å². The maximum Gasteiger partial charge on any atom is 0.389 e. The molecule has 0 fully saturated rings. The van der Waals surface area contributed by atoms with E-state index in [1.165, 1.54) is 12.1 Å². The molecule has 17 heavy (non-hydrogen) atoms. The molecular weight excluding hydrogens is 302 g/mol. The number of benzene rings is 1. The van der Waals surface area contributed by atoms with Crippen LogP contribution in [0.4, 0.5) is 17.6 Å². The zero-order valence-electron chi connectivity index (χ0n) is 9.11. The summed E-state index contributed by atoms with van der Waals surface area (Å²) in [5, 5.41) is 2.76. The van der Waals surface area contributed by atoms with Gasteiger partial charge in [0.2, 0.25) is 0 Å². The van der Waals surface area contributed by atoms with E-state index in [-0.39, 0.29) is 6.42 Å². The molecule has 0 aliphatic carbocycles. The molecule has 0 aliphatic heterocycles. The van der Waals surface area contributed by atoms with Crippen LogP contribution in [0.3, 0.4) is 0 Å². The minimum absolute atomic E-state index is 0.110. The fourth-order valence-electron chi connectivity index (χ4n) is 1.51. The zero-order valence-corrected chi connectivity index (χ0v) is 10.7. The van der Waals surface area contributed by atoms with Crippen molar-refractivity contribution >= 4 is 15.9 Å². The van der Waals surface area contributed by atoms with Gasteiger partial charge in [0.25, 0.3) is 0 Å². The third-order valence-corrected chi connectivity index (χ3v) is 3.05. The average molecular weight is 314 g/mol. The van der Waals surface area contributed by atoms with Crippen LogP contribution in [-0.4, -0.2) is 13.2 Å². The highest BCUT2D eigenvalue weighted by atomic mass is 79.9. The molecule has 0 bridgehead atoms. The van der Waals surface area contributed by atoms with Gasteiger partial charge in [-0.2, -0.15) is 13.2 Å². The summed E-state index contributed by atoms with van der Waals surface area (Å²) in [5.41, 5.74) is 0.512. The minimum atomic E-state index is -4.19. The molecule has 1 unspecified atom stereocenters. The Kier molecular flexibility index (Phi) is 4.94. The second kappa shape index (κ2) is 5.82. The lowest BCUT2D eigenvalue weighted by Gasteiger charge is -2.17. The zero-order chi connectivity index (χ0) is 13.1. The fraction of sp³-hybridized carbons (Fsp3) is 0.455. The van der Waals surface area contributed by atoms with Crippen molar-refractivity contribution in [1.82, 2.24) is 5.32 Å². The Morgan fingerprint density at radius 1 is 1.35 bits per heavy atom. The maximum atomic E-state index is 13.3. The van der Waals surface area contributed by atoms with E-state index in [0.29, 0.717) is 10.0 Å². The number of hydrogen-bond donors (Lipinski definition) is 1. The molecular formula is C11H12BrF4N. The molecule has 0 amide bonds. The third-order valence-electron chi connectivity index (χ3n) is 2.41. The molecule has 0 aliphatic rings. The Labute approximate surface area is 105 Å². The van der Waals surface area contributed by atoms with Crippen molar-refractivity contribution in [1.29, 1.82) is 0 Å². The van der Waals surface area contributed by atoms with Gasteiger partial charge in [-0.1, -0.05) is 6.07 Å². The predicted molar refractivity (Wildman–Crippen MR) is 61.2 cm³/mol. The summed E-state index contributed by atoms with van der Waals surface area (Å²) in [6.07, 6.45) is -5.19. The van der Waals surface area contributed by atoms with Crippen LogP contribution in [0.2, 0.25) is 0 Å². The van der Waals surface area contributed by atoms with Crippen LogP contribution in [0.25, 0.3) is 0 Å². The Bertz CT molecular complexity index is 378. The smallest absolute Gasteiger partial charge is 0.313 e. The monoisotopic (exact) mass is 313 g/mol. The topological polar surface area (TPSA) is 12.0 Å². The van der Waals surface area contributed by atoms with Crippen molar-refractivity contribution in [3.8, 4) is 0 Å². The SMILES string of the molecule is CNC(CCC(F)(F)F)c1ccc(Br)c(F)c1. The standard InChI is InChI=1S/C11H12BrF4N/c1-17-10(4-5-11(14,15)16)7-2-3-8(12)9(13)6-7/h2-3,6,10,17H,4-5H2,1H3. The Morgan fingerprint density at radius 2 is 2.00 bits per heavy atom. The molecule has 1 N–H and O–H groups in total. The summed E-state index contributed by atoms with van der Waals surface area (Å²) in [4.78, 5) is 0. The first-order valence-electron chi connectivity index (χ1n) is 5.02. The van der Waals surface area contributed by atoms with E-state index in [1.54, 1.807) is 13.1 Å². The predicted octanol–water partition coefficient (Wildman–Crippen LogP) is 4.19. The number of rotatable bonds is 4. The van der Waals surface area contributed by atoms with Gasteiger partial charge in [0.1, 0.15) is 5.82 Å². The summed E-state index contributed by atoms with van der Waals surface area (Å²) in [6, 6.07) is 3.83. The molecule has 1 aromatic carbocycles. The molecule has 1 atom stereocenters. The highest BCUT2D eigenvalue weighted by Gasteiger charge is 2.28. The summed E-state index contributed by atoms with van der Waals surface area (Å²) < 4.78 is 49.9. The van der Waals surface area contributed by atoms with Gasteiger partial charge in [-0.25, -0.2) is 4.39 Å². The lowest BCUT2D eigenvalue weighted by Crippen LogP contribution is -2.19. The maximum absolute atomic E-state index is 13.3. The molecule has 0 radical (unpaired) electrons. The molecule has 1 aromatic rings. The largest absolute Gasteiger partial charge is 0.389 e. The normalized spacial score (nSPS) is 13.8. The number of halogens is 5. The third kappa shape index (κ3) is 4.63. The second-order valence-corrected chi connectivity index (χ2v) is 4.52. The molecule has 1 nitrogen and oxygen atoms in total. The van der Waals surface area contributed by atoms with Crippen molar-refractivity contribution in [2.45, 2.75) is 25.1 Å². The van der Waals surface area contributed by atoms with Crippen molar-refractivity contribution in [3.63, 3.8) is 0 Å². The fourth-order valence-corrected chi connectivity index (χ4v) is 1.76. The molecule has 1 rings (SSSR count). The number of alkyl halides is 3. The van der Waals surface area contributed by atoms with Gasteiger partial charge in [-0.05, 0) is 47.1 Å². The molecule has 0 saturated heterocycles. The lowest BCUT2D eigenvalue weighted by molar-refractivity contribution is -0.136. The number of hydrogen-bond acceptors (Lipinski definition) is 1. The van der Waals surface area contributed by atoms with Crippen molar-refractivity contribution in [3.05, 3.63) is 34.1 Å². The summed E-state index contributed by atoms with van der Waals surface area (Å²) >= 11 is 3.00. The molecule has 0 heterocycles. The summed E-state index contributed by atoms with van der Waals surface area (Å²) in [6.45, 7) is 0. The van der Waals surface area contributed by atoms with E-state index < -0.39 is 24.5 Å².